The number of thiazole rings is 1. The highest BCUT2D eigenvalue weighted by Crippen LogP contribution is 2.39. The SMILES string of the molecule is CCCCN(C)S(=O)(=O)c1ccc(C(=O)N(CCN(C)C)c2nc3cc4c(cc3s2)OCCO4)cc1. The molecule has 9 nitrogen and oxygen atoms in total. The Morgan fingerprint density at radius 1 is 1.00 bits per heavy atom. The molecule has 1 amide bonds. The first-order valence-corrected chi connectivity index (χ1v) is 14.2. The van der Waals surface area contributed by atoms with Gasteiger partial charge in [0.1, 0.15) is 13.2 Å². The first-order chi connectivity index (χ1) is 17.2. The normalized spacial score (nSPS) is 13.5. The van der Waals surface area contributed by atoms with E-state index in [1.54, 1.807) is 24.1 Å². The van der Waals surface area contributed by atoms with Gasteiger partial charge < -0.3 is 14.4 Å². The lowest BCUT2D eigenvalue weighted by Gasteiger charge is -2.22. The number of ether oxygens (including phenoxy) is 2. The van der Waals surface area contributed by atoms with Gasteiger partial charge in [0.15, 0.2) is 16.6 Å². The molecule has 1 aromatic heterocycles. The molecule has 0 radical (unpaired) electrons. The Bertz CT molecular complexity index is 1280. The Hall–Kier alpha value is -2.73. The van der Waals surface area contributed by atoms with Crippen molar-refractivity contribution in [3.05, 3.63) is 42.0 Å². The number of fused-ring (bicyclic) bond motifs is 2. The average Bonchev–Trinajstić information content (AvgIpc) is 3.27. The molecule has 0 saturated heterocycles. The van der Waals surface area contributed by atoms with Crippen LogP contribution in [0.2, 0.25) is 0 Å². The molecular weight excluding hydrogens is 500 g/mol. The third-order valence-corrected chi connectivity index (χ3v) is 8.84. The van der Waals surface area contributed by atoms with Gasteiger partial charge >= 0.3 is 0 Å². The van der Waals surface area contributed by atoms with Crippen LogP contribution in [0.4, 0.5) is 5.13 Å². The Morgan fingerprint density at radius 2 is 1.67 bits per heavy atom. The molecule has 0 aliphatic carbocycles. The zero-order valence-corrected chi connectivity index (χ0v) is 22.7. The summed E-state index contributed by atoms with van der Waals surface area (Å²) in [5.41, 5.74) is 1.13. The van der Waals surface area contributed by atoms with Crippen molar-refractivity contribution in [1.82, 2.24) is 14.2 Å². The van der Waals surface area contributed by atoms with Crippen LogP contribution < -0.4 is 14.4 Å². The summed E-state index contributed by atoms with van der Waals surface area (Å²) in [5, 5.41) is 0.565. The lowest BCUT2D eigenvalue weighted by Crippen LogP contribution is -2.36. The number of carbonyl (C=O) groups excluding carboxylic acids is 1. The van der Waals surface area contributed by atoms with Gasteiger partial charge in [-0.2, -0.15) is 0 Å². The molecule has 4 rings (SSSR count). The summed E-state index contributed by atoms with van der Waals surface area (Å²) in [4.78, 5) is 22.1. The Kier molecular flexibility index (Phi) is 8.13. The van der Waals surface area contributed by atoms with E-state index in [-0.39, 0.29) is 10.8 Å². The predicted molar refractivity (Wildman–Crippen MR) is 142 cm³/mol. The smallest absolute Gasteiger partial charge is 0.260 e. The van der Waals surface area contributed by atoms with Gasteiger partial charge in [0.2, 0.25) is 10.0 Å². The Labute approximate surface area is 216 Å². The fourth-order valence-corrected chi connectivity index (χ4v) is 5.97. The molecule has 0 saturated carbocycles. The summed E-state index contributed by atoms with van der Waals surface area (Å²) in [6.07, 6.45) is 1.70. The van der Waals surface area contributed by atoms with Gasteiger partial charge in [-0.1, -0.05) is 24.7 Å². The van der Waals surface area contributed by atoms with Crippen LogP contribution in [0.3, 0.4) is 0 Å². The van der Waals surface area contributed by atoms with Crippen molar-refractivity contribution < 1.29 is 22.7 Å². The van der Waals surface area contributed by atoms with E-state index in [2.05, 4.69) is 0 Å². The first-order valence-electron chi connectivity index (χ1n) is 11.9. The quantitative estimate of drug-likeness (QED) is 0.393. The molecule has 0 N–H and O–H groups in total. The molecule has 0 bridgehead atoms. The summed E-state index contributed by atoms with van der Waals surface area (Å²) in [5.74, 6) is 1.09. The summed E-state index contributed by atoms with van der Waals surface area (Å²) in [7, 11) is 1.86. The second kappa shape index (κ2) is 11.1. The van der Waals surface area contributed by atoms with Crippen molar-refractivity contribution in [3.63, 3.8) is 0 Å². The largest absolute Gasteiger partial charge is 0.486 e. The fraction of sp³-hybridized carbons (Fsp3) is 0.440. The molecule has 0 spiro atoms. The van der Waals surface area contributed by atoms with E-state index in [1.807, 2.05) is 38.1 Å². The first kappa shape index (κ1) is 26.3. The maximum absolute atomic E-state index is 13.6. The molecule has 194 valence electrons. The second-order valence-corrected chi connectivity index (χ2v) is 12.0. The number of nitrogens with zero attached hydrogens (tertiary/aromatic N) is 4. The van der Waals surface area contributed by atoms with E-state index in [1.165, 1.54) is 27.8 Å². The zero-order valence-electron chi connectivity index (χ0n) is 21.1. The molecule has 11 heteroatoms. The number of anilines is 1. The third kappa shape index (κ3) is 5.64. The summed E-state index contributed by atoms with van der Waals surface area (Å²) >= 11 is 1.41. The zero-order chi connectivity index (χ0) is 25.9. The van der Waals surface area contributed by atoms with Gasteiger partial charge in [0, 0.05) is 44.4 Å². The van der Waals surface area contributed by atoms with Crippen LogP contribution in [0, 0.1) is 0 Å². The van der Waals surface area contributed by atoms with Crippen molar-refractivity contribution >= 4 is 42.6 Å². The van der Waals surface area contributed by atoms with Crippen LogP contribution in [-0.2, 0) is 10.0 Å². The van der Waals surface area contributed by atoms with Crippen LogP contribution in [-0.4, -0.2) is 82.5 Å². The number of unbranched alkanes of at least 4 members (excludes halogenated alkanes) is 1. The number of hydrogen-bond donors (Lipinski definition) is 0. The number of hydrogen-bond acceptors (Lipinski definition) is 8. The Balaban J connectivity index is 1.62. The van der Waals surface area contributed by atoms with Gasteiger partial charge in [0.05, 0.1) is 15.1 Å². The standard InChI is InChI=1S/C25H32N4O5S2/c1-5-6-11-28(4)36(31,32)19-9-7-18(8-10-19)24(30)29(13-12-27(2)3)25-26-20-16-21-22(17-23(20)35-25)34-15-14-33-21/h7-10,16-17H,5-6,11-15H2,1-4H3. The fourth-order valence-electron chi connectivity index (χ4n) is 3.76. The van der Waals surface area contributed by atoms with E-state index in [4.69, 9.17) is 14.5 Å². The predicted octanol–water partition coefficient (Wildman–Crippen LogP) is 3.70. The van der Waals surface area contributed by atoms with Gasteiger partial charge in [-0.05, 0) is 44.8 Å². The third-order valence-electron chi connectivity index (χ3n) is 5.92. The molecule has 0 fully saturated rings. The molecule has 2 aromatic carbocycles. The highest BCUT2D eigenvalue weighted by Gasteiger charge is 2.25. The number of carbonyl (C=O) groups is 1. The minimum atomic E-state index is -3.61. The highest BCUT2D eigenvalue weighted by molar-refractivity contribution is 7.89. The highest BCUT2D eigenvalue weighted by atomic mass is 32.2. The molecular formula is C25H32N4O5S2. The van der Waals surface area contributed by atoms with Crippen LogP contribution in [0.5, 0.6) is 11.5 Å². The maximum Gasteiger partial charge on any atom is 0.260 e. The monoisotopic (exact) mass is 532 g/mol. The second-order valence-electron chi connectivity index (χ2n) is 8.92. The van der Waals surface area contributed by atoms with Crippen molar-refractivity contribution in [1.29, 1.82) is 0 Å². The van der Waals surface area contributed by atoms with Crippen LogP contribution >= 0.6 is 11.3 Å². The van der Waals surface area contributed by atoms with Crippen molar-refractivity contribution in [2.24, 2.45) is 0 Å². The summed E-state index contributed by atoms with van der Waals surface area (Å²) < 4.78 is 39.3. The van der Waals surface area contributed by atoms with Crippen LogP contribution in [0.25, 0.3) is 10.2 Å². The van der Waals surface area contributed by atoms with E-state index < -0.39 is 10.0 Å². The molecule has 1 aliphatic rings. The minimum absolute atomic E-state index is 0.170. The van der Waals surface area contributed by atoms with Gasteiger partial charge in [-0.25, -0.2) is 17.7 Å². The van der Waals surface area contributed by atoms with E-state index in [0.29, 0.717) is 55.0 Å². The number of aromatic nitrogens is 1. The van der Waals surface area contributed by atoms with Gasteiger partial charge in [-0.15, -0.1) is 0 Å². The summed E-state index contributed by atoms with van der Waals surface area (Å²) in [6.45, 7) is 4.52. The average molecular weight is 533 g/mol. The number of benzene rings is 2. The van der Waals surface area contributed by atoms with Crippen molar-refractivity contribution in [2.45, 2.75) is 24.7 Å². The number of rotatable bonds is 10. The summed E-state index contributed by atoms with van der Waals surface area (Å²) in [6, 6.07) is 9.87. The van der Waals surface area contributed by atoms with E-state index in [9.17, 15) is 13.2 Å². The van der Waals surface area contributed by atoms with Gasteiger partial charge in [-0.3, -0.25) is 9.69 Å². The van der Waals surface area contributed by atoms with E-state index >= 15 is 0 Å². The molecule has 2 heterocycles. The lowest BCUT2D eigenvalue weighted by atomic mass is 10.2. The number of likely N-dealkylation sites (N-methyl/N-ethyl adjacent to an activating group) is 1. The number of amides is 1. The molecule has 1 aliphatic heterocycles. The molecule has 3 aromatic rings. The molecule has 0 atom stereocenters. The van der Waals surface area contributed by atoms with Crippen LogP contribution in [0.15, 0.2) is 41.3 Å². The van der Waals surface area contributed by atoms with Crippen LogP contribution in [0.1, 0.15) is 30.1 Å². The Morgan fingerprint density at radius 3 is 2.31 bits per heavy atom. The number of sulfonamides is 1. The maximum atomic E-state index is 13.6. The van der Waals surface area contributed by atoms with Crippen molar-refractivity contribution in [2.75, 3.05) is 58.9 Å². The topological polar surface area (TPSA) is 92.3 Å². The lowest BCUT2D eigenvalue weighted by molar-refractivity contribution is 0.0985. The van der Waals surface area contributed by atoms with Gasteiger partial charge in [0.25, 0.3) is 5.91 Å². The van der Waals surface area contributed by atoms with Crippen molar-refractivity contribution in [3.8, 4) is 11.5 Å². The van der Waals surface area contributed by atoms with E-state index in [0.717, 1.165) is 23.1 Å². The minimum Gasteiger partial charge on any atom is -0.486 e. The molecule has 0 unspecified atom stereocenters. The molecule has 36 heavy (non-hydrogen) atoms.